The van der Waals surface area contributed by atoms with E-state index in [2.05, 4.69) is 9.88 Å². The molecule has 1 aromatic heterocycles. The Hall–Kier alpha value is -2.84. The van der Waals surface area contributed by atoms with Gasteiger partial charge in [0, 0.05) is 39.1 Å². The van der Waals surface area contributed by atoms with Crippen LogP contribution < -0.4 is 9.47 Å². The summed E-state index contributed by atoms with van der Waals surface area (Å²) in [4.78, 5) is 35.5. The van der Waals surface area contributed by atoms with E-state index in [1.54, 1.807) is 44.6 Å². The number of halogens is 1. The standard InChI is InChI=1S/C23H27ClN4O4/c1-26-22(30)28(14-16-5-4-10-25-13-16)21(29)23(26)8-11-27(12-9-23)15-17-6-7-18(31-2)20(32-3)19(17)24/h4-7,10,13H,8-9,11-12,14-15H2,1-3H3. The van der Waals surface area contributed by atoms with Crippen LogP contribution in [-0.2, 0) is 17.9 Å². The number of methoxy groups -OCH3 is 2. The molecule has 170 valence electrons. The first-order valence-electron chi connectivity index (χ1n) is 10.5. The number of imide groups is 1. The van der Waals surface area contributed by atoms with Gasteiger partial charge in [-0.2, -0.15) is 0 Å². The minimum absolute atomic E-state index is 0.127. The molecule has 2 aliphatic heterocycles. The van der Waals surface area contributed by atoms with E-state index in [9.17, 15) is 9.59 Å². The molecule has 2 saturated heterocycles. The van der Waals surface area contributed by atoms with Crippen LogP contribution in [0.3, 0.4) is 0 Å². The molecule has 3 heterocycles. The molecule has 3 amide bonds. The minimum Gasteiger partial charge on any atom is -0.493 e. The summed E-state index contributed by atoms with van der Waals surface area (Å²) in [5.41, 5.74) is 0.970. The number of likely N-dealkylation sites (N-methyl/N-ethyl adjacent to an activating group) is 1. The lowest BCUT2D eigenvalue weighted by Gasteiger charge is -2.41. The first-order chi connectivity index (χ1) is 15.4. The molecule has 0 bridgehead atoms. The van der Waals surface area contributed by atoms with Crippen LogP contribution in [0.2, 0.25) is 5.02 Å². The number of urea groups is 1. The fraction of sp³-hybridized carbons (Fsp3) is 0.435. The van der Waals surface area contributed by atoms with Crippen molar-refractivity contribution in [2.24, 2.45) is 0 Å². The van der Waals surface area contributed by atoms with Crippen LogP contribution >= 0.6 is 11.6 Å². The molecule has 32 heavy (non-hydrogen) atoms. The van der Waals surface area contributed by atoms with Gasteiger partial charge in [0.1, 0.15) is 5.54 Å². The Kier molecular flexibility index (Phi) is 6.26. The summed E-state index contributed by atoms with van der Waals surface area (Å²) in [7, 11) is 4.87. The number of ether oxygens (including phenoxy) is 2. The maximum absolute atomic E-state index is 13.4. The van der Waals surface area contributed by atoms with Crippen LogP contribution in [0.1, 0.15) is 24.0 Å². The van der Waals surface area contributed by atoms with Gasteiger partial charge in [-0.1, -0.05) is 23.7 Å². The average Bonchev–Trinajstić information content (AvgIpc) is 2.98. The second-order valence-corrected chi connectivity index (χ2v) is 8.55. The molecule has 2 fully saturated rings. The van der Waals surface area contributed by atoms with Crippen LogP contribution in [0.5, 0.6) is 11.5 Å². The van der Waals surface area contributed by atoms with Gasteiger partial charge < -0.3 is 14.4 Å². The van der Waals surface area contributed by atoms with E-state index in [1.165, 1.54) is 4.90 Å². The minimum atomic E-state index is -0.794. The van der Waals surface area contributed by atoms with E-state index in [0.717, 1.165) is 11.1 Å². The number of piperidine rings is 1. The monoisotopic (exact) mass is 458 g/mol. The van der Waals surface area contributed by atoms with Crippen LogP contribution in [-0.4, -0.2) is 71.5 Å². The van der Waals surface area contributed by atoms with E-state index in [1.807, 2.05) is 18.2 Å². The molecule has 1 aromatic carbocycles. The third-order valence-corrected chi connectivity index (χ3v) is 6.92. The molecule has 2 aromatic rings. The van der Waals surface area contributed by atoms with Crippen molar-refractivity contribution in [3.8, 4) is 11.5 Å². The average molecular weight is 459 g/mol. The summed E-state index contributed by atoms with van der Waals surface area (Å²) in [5.74, 6) is 0.976. The number of carbonyl (C=O) groups excluding carboxylic acids is 2. The molecule has 0 unspecified atom stereocenters. The zero-order chi connectivity index (χ0) is 22.9. The maximum atomic E-state index is 13.4. The van der Waals surface area contributed by atoms with Gasteiger partial charge in [-0.15, -0.1) is 0 Å². The molecule has 9 heteroatoms. The predicted molar refractivity (Wildman–Crippen MR) is 120 cm³/mol. The van der Waals surface area contributed by atoms with Crippen molar-refractivity contribution in [1.29, 1.82) is 0 Å². The van der Waals surface area contributed by atoms with E-state index in [0.29, 0.717) is 49.0 Å². The van der Waals surface area contributed by atoms with Gasteiger partial charge in [0.05, 0.1) is 25.8 Å². The quantitative estimate of drug-likeness (QED) is 0.619. The van der Waals surface area contributed by atoms with Gasteiger partial charge in [-0.3, -0.25) is 19.6 Å². The second-order valence-electron chi connectivity index (χ2n) is 8.18. The summed E-state index contributed by atoms with van der Waals surface area (Å²) in [6.07, 6.45) is 4.50. The summed E-state index contributed by atoms with van der Waals surface area (Å²) < 4.78 is 10.7. The number of hydrogen-bond donors (Lipinski definition) is 0. The van der Waals surface area contributed by atoms with Gasteiger partial charge in [-0.05, 0) is 36.1 Å². The number of benzene rings is 1. The van der Waals surface area contributed by atoms with Crippen LogP contribution in [0.4, 0.5) is 4.79 Å². The highest BCUT2D eigenvalue weighted by atomic mass is 35.5. The number of carbonyl (C=O) groups is 2. The van der Waals surface area contributed by atoms with Gasteiger partial charge in [0.2, 0.25) is 0 Å². The highest BCUT2D eigenvalue weighted by molar-refractivity contribution is 6.33. The number of nitrogens with zero attached hydrogens (tertiary/aromatic N) is 4. The Morgan fingerprint density at radius 3 is 2.47 bits per heavy atom. The second kappa shape index (κ2) is 8.96. The van der Waals surface area contributed by atoms with Crippen molar-refractivity contribution in [2.75, 3.05) is 34.4 Å². The molecule has 0 atom stereocenters. The lowest BCUT2D eigenvalue weighted by atomic mass is 9.86. The Morgan fingerprint density at radius 1 is 1.09 bits per heavy atom. The molecule has 0 saturated carbocycles. The van der Waals surface area contributed by atoms with Crippen molar-refractivity contribution in [3.63, 3.8) is 0 Å². The molecule has 0 aliphatic carbocycles. The van der Waals surface area contributed by atoms with Gasteiger partial charge in [0.15, 0.2) is 11.5 Å². The van der Waals surface area contributed by atoms with E-state index in [4.69, 9.17) is 21.1 Å². The third kappa shape index (κ3) is 3.78. The molecule has 2 aliphatic rings. The summed E-state index contributed by atoms with van der Waals surface area (Å²) in [6, 6.07) is 7.19. The summed E-state index contributed by atoms with van der Waals surface area (Å²) in [6.45, 7) is 2.21. The zero-order valence-corrected chi connectivity index (χ0v) is 19.3. The predicted octanol–water partition coefficient (Wildman–Crippen LogP) is 3.18. The van der Waals surface area contributed by atoms with Crippen LogP contribution in [0.25, 0.3) is 0 Å². The zero-order valence-electron chi connectivity index (χ0n) is 18.5. The smallest absolute Gasteiger partial charge is 0.327 e. The number of likely N-dealkylation sites (tertiary alicyclic amines) is 1. The molecular weight excluding hydrogens is 432 g/mol. The van der Waals surface area contributed by atoms with Crippen molar-refractivity contribution in [3.05, 3.63) is 52.8 Å². The van der Waals surface area contributed by atoms with Crippen molar-refractivity contribution in [1.82, 2.24) is 19.7 Å². The molecular formula is C23H27ClN4O4. The normalized spacial score (nSPS) is 18.5. The lowest BCUT2D eigenvalue weighted by molar-refractivity contribution is -0.135. The molecule has 0 N–H and O–H groups in total. The number of amides is 3. The van der Waals surface area contributed by atoms with Crippen molar-refractivity contribution in [2.45, 2.75) is 31.5 Å². The topological polar surface area (TPSA) is 75.2 Å². The van der Waals surface area contributed by atoms with Crippen LogP contribution in [0, 0.1) is 0 Å². The van der Waals surface area contributed by atoms with Crippen molar-refractivity contribution >= 4 is 23.5 Å². The van der Waals surface area contributed by atoms with E-state index >= 15 is 0 Å². The first-order valence-corrected chi connectivity index (χ1v) is 10.9. The maximum Gasteiger partial charge on any atom is 0.327 e. The number of pyridine rings is 1. The Morgan fingerprint density at radius 2 is 1.84 bits per heavy atom. The number of aromatic nitrogens is 1. The molecule has 4 rings (SSSR count). The third-order valence-electron chi connectivity index (χ3n) is 6.51. The Bertz CT molecular complexity index is 1010. The van der Waals surface area contributed by atoms with Gasteiger partial charge >= 0.3 is 6.03 Å². The fourth-order valence-electron chi connectivity index (χ4n) is 4.58. The summed E-state index contributed by atoms with van der Waals surface area (Å²) in [5, 5.41) is 0.527. The molecule has 0 radical (unpaired) electrons. The molecule has 8 nitrogen and oxygen atoms in total. The Balaban J connectivity index is 1.46. The van der Waals surface area contributed by atoms with Gasteiger partial charge in [-0.25, -0.2) is 4.79 Å². The highest BCUT2D eigenvalue weighted by Crippen LogP contribution is 2.40. The molecule has 1 spiro atoms. The van der Waals surface area contributed by atoms with Crippen molar-refractivity contribution < 1.29 is 19.1 Å². The van der Waals surface area contributed by atoms with E-state index < -0.39 is 5.54 Å². The first kappa shape index (κ1) is 22.4. The summed E-state index contributed by atoms with van der Waals surface area (Å²) >= 11 is 6.54. The fourth-order valence-corrected chi connectivity index (χ4v) is 4.88. The number of rotatable bonds is 6. The SMILES string of the molecule is COc1ccc(CN2CCC3(CC2)C(=O)N(Cc2cccnc2)C(=O)N3C)c(Cl)c1OC. The Labute approximate surface area is 192 Å². The number of hydrogen-bond acceptors (Lipinski definition) is 6. The highest BCUT2D eigenvalue weighted by Gasteiger charge is 2.56. The van der Waals surface area contributed by atoms with E-state index in [-0.39, 0.29) is 18.5 Å². The lowest BCUT2D eigenvalue weighted by Crippen LogP contribution is -2.55. The largest absolute Gasteiger partial charge is 0.493 e. The van der Waals surface area contributed by atoms with Gasteiger partial charge in [0.25, 0.3) is 5.91 Å². The van der Waals surface area contributed by atoms with Crippen LogP contribution in [0.15, 0.2) is 36.7 Å².